The number of para-hydroxylation sites is 1. The quantitative estimate of drug-likeness (QED) is 0.618. The van der Waals surface area contributed by atoms with Gasteiger partial charge in [-0.15, -0.1) is 0 Å². The summed E-state index contributed by atoms with van der Waals surface area (Å²) in [5.74, 6) is -0.804. The average molecular weight is 365 g/mol. The minimum absolute atomic E-state index is 0.120. The molecule has 1 N–H and O–H groups in total. The zero-order valence-electron chi connectivity index (χ0n) is 14.8. The number of likely N-dealkylation sites (N-methyl/N-ethyl adjacent to an activating group) is 1. The van der Waals surface area contributed by atoms with Crippen molar-refractivity contribution in [2.24, 2.45) is 0 Å². The summed E-state index contributed by atoms with van der Waals surface area (Å²) < 4.78 is 5.85. The van der Waals surface area contributed by atoms with Gasteiger partial charge in [0, 0.05) is 22.7 Å². The third kappa shape index (κ3) is 1.76. The van der Waals surface area contributed by atoms with Crippen LogP contribution in [0, 0.1) is 10.1 Å². The summed E-state index contributed by atoms with van der Waals surface area (Å²) in [4.78, 5) is 27.6. The summed E-state index contributed by atoms with van der Waals surface area (Å²) in [5, 5.41) is 15.6. The molecule has 0 bridgehead atoms. The Balaban J connectivity index is 1.84. The zero-order valence-corrected chi connectivity index (χ0v) is 14.8. The van der Waals surface area contributed by atoms with Crippen molar-refractivity contribution in [3.05, 3.63) is 75.3 Å². The van der Waals surface area contributed by atoms with Crippen molar-refractivity contribution in [3.63, 3.8) is 0 Å². The second-order valence-electron chi connectivity index (χ2n) is 7.52. The maximum absolute atomic E-state index is 13.3. The van der Waals surface area contributed by atoms with E-state index in [4.69, 9.17) is 4.74 Å². The van der Waals surface area contributed by atoms with Gasteiger partial charge in [0.1, 0.15) is 6.61 Å². The van der Waals surface area contributed by atoms with E-state index in [2.05, 4.69) is 5.32 Å². The number of fused-ring (bicyclic) bond motifs is 6. The normalized spacial score (nSPS) is 31.7. The number of hydrogen-bond acceptors (Lipinski definition) is 5. The lowest BCUT2D eigenvalue weighted by Crippen LogP contribution is -2.65. The van der Waals surface area contributed by atoms with Crippen molar-refractivity contribution in [2.45, 2.75) is 23.6 Å². The summed E-state index contributed by atoms with van der Waals surface area (Å²) in [7, 11) is 1.80. The number of rotatable bonds is 1. The second kappa shape index (κ2) is 5.37. The summed E-state index contributed by atoms with van der Waals surface area (Å²) >= 11 is 0. The van der Waals surface area contributed by atoms with Crippen LogP contribution in [0.25, 0.3) is 0 Å². The Morgan fingerprint density at radius 2 is 1.96 bits per heavy atom. The van der Waals surface area contributed by atoms with E-state index in [-0.39, 0.29) is 17.4 Å². The molecular weight excluding hydrogens is 346 g/mol. The molecule has 2 aromatic carbocycles. The molecule has 1 amide bonds. The van der Waals surface area contributed by atoms with E-state index in [1.165, 1.54) is 0 Å². The number of ether oxygens (including phenoxy) is 1. The third-order valence-corrected chi connectivity index (χ3v) is 6.46. The fourth-order valence-corrected chi connectivity index (χ4v) is 5.39. The Kier molecular flexibility index (Phi) is 3.26. The second-order valence-corrected chi connectivity index (χ2v) is 7.52. The molecule has 138 valence electrons. The molecule has 3 aliphatic rings. The first-order valence-electron chi connectivity index (χ1n) is 8.95. The predicted octanol–water partition coefficient (Wildman–Crippen LogP) is 2.11. The Hall–Kier alpha value is -2.77. The molecule has 3 atom stereocenters. The SMILES string of the molecule is CN1C[C@H]2c3ccccc3COC[C@@]2([N+](=O)[O-])C12C(=O)Nc1ccccc12. The molecule has 5 rings (SSSR count). The standard InChI is InChI=1S/C20H19N3O4/c1-22-10-16-14-7-3-2-6-13(14)11-27-12-19(16,23(25)26)20(22)15-8-4-5-9-17(15)21-18(20)24/h2-9,16H,10-12H2,1H3,(H,21,24)/t16-,19-,20?/m0/s1. The molecule has 1 fully saturated rings. The molecule has 0 saturated carbocycles. The van der Waals surface area contributed by atoms with E-state index >= 15 is 0 Å². The van der Waals surface area contributed by atoms with E-state index in [9.17, 15) is 14.9 Å². The molecule has 1 spiro atoms. The fraction of sp³-hybridized carbons (Fsp3) is 0.350. The Morgan fingerprint density at radius 1 is 1.22 bits per heavy atom. The van der Waals surface area contributed by atoms with Crippen LogP contribution in [0.4, 0.5) is 5.69 Å². The summed E-state index contributed by atoms with van der Waals surface area (Å²) in [6.07, 6.45) is 0. The highest BCUT2D eigenvalue weighted by atomic mass is 16.6. The van der Waals surface area contributed by atoms with Crippen LogP contribution in [0.2, 0.25) is 0 Å². The Morgan fingerprint density at radius 3 is 2.78 bits per heavy atom. The number of nitrogens with one attached hydrogen (secondary N) is 1. The van der Waals surface area contributed by atoms with Crippen LogP contribution in [-0.2, 0) is 21.7 Å². The van der Waals surface area contributed by atoms with Gasteiger partial charge in [-0.2, -0.15) is 0 Å². The van der Waals surface area contributed by atoms with E-state index in [0.717, 1.165) is 11.1 Å². The van der Waals surface area contributed by atoms with Gasteiger partial charge in [0.15, 0.2) is 0 Å². The molecule has 3 heterocycles. The van der Waals surface area contributed by atoms with Gasteiger partial charge in [0.25, 0.3) is 11.4 Å². The number of nitrogens with zero attached hydrogens (tertiary/aromatic N) is 2. The molecule has 0 aliphatic carbocycles. The van der Waals surface area contributed by atoms with Crippen molar-refractivity contribution in [1.29, 1.82) is 0 Å². The van der Waals surface area contributed by atoms with E-state index in [1.807, 2.05) is 47.4 Å². The van der Waals surface area contributed by atoms with Gasteiger partial charge in [-0.25, -0.2) is 0 Å². The third-order valence-electron chi connectivity index (χ3n) is 6.46. The zero-order chi connectivity index (χ0) is 18.8. The molecule has 7 nitrogen and oxygen atoms in total. The van der Waals surface area contributed by atoms with Gasteiger partial charge in [-0.3, -0.25) is 19.8 Å². The number of benzene rings is 2. The van der Waals surface area contributed by atoms with Gasteiger partial charge < -0.3 is 10.1 Å². The van der Waals surface area contributed by atoms with Crippen LogP contribution < -0.4 is 5.32 Å². The number of hydrogen-bond donors (Lipinski definition) is 1. The number of nitro groups is 1. The topological polar surface area (TPSA) is 84.7 Å². The number of anilines is 1. The van der Waals surface area contributed by atoms with Crippen molar-refractivity contribution in [1.82, 2.24) is 4.90 Å². The van der Waals surface area contributed by atoms with Crippen molar-refractivity contribution in [2.75, 3.05) is 25.5 Å². The van der Waals surface area contributed by atoms with E-state index < -0.39 is 17.0 Å². The van der Waals surface area contributed by atoms with Gasteiger partial charge in [-0.05, 0) is 24.2 Å². The van der Waals surface area contributed by atoms with E-state index in [0.29, 0.717) is 24.4 Å². The lowest BCUT2D eigenvalue weighted by atomic mass is 9.67. The maximum Gasteiger partial charge on any atom is 0.284 e. The molecule has 27 heavy (non-hydrogen) atoms. The lowest BCUT2D eigenvalue weighted by molar-refractivity contribution is -0.587. The monoisotopic (exact) mass is 365 g/mol. The van der Waals surface area contributed by atoms with Gasteiger partial charge in [-0.1, -0.05) is 42.5 Å². The highest BCUT2D eigenvalue weighted by molar-refractivity contribution is 6.07. The summed E-state index contributed by atoms with van der Waals surface area (Å²) in [6, 6.07) is 14.9. The van der Waals surface area contributed by atoms with Crippen molar-refractivity contribution in [3.8, 4) is 0 Å². The van der Waals surface area contributed by atoms with E-state index in [1.54, 1.807) is 13.1 Å². The molecule has 0 aromatic heterocycles. The number of likely N-dealkylation sites (tertiary alicyclic amines) is 1. The molecule has 1 unspecified atom stereocenters. The largest absolute Gasteiger partial charge is 0.369 e. The van der Waals surface area contributed by atoms with Crippen LogP contribution in [0.5, 0.6) is 0 Å². The first kappa shape index (κ1) is 16.4. The van der Waals surface area contributed by atoms with Crippen LogP contribution >= 0.6 is 0 Å². The maximum atomic E-state index is 13.3. The number of carbonyl (C=O) groups is 1. The first-order valence-corrected chi connectivity index (χ1v) is 8.95. The van der Waals surface area contributed by atoms with Crippen molar-refractivity contribution < 1.29 is 14.5 Å². The highest BCUT2D eigenvalue weighted by Crippen LogP contribution is 2.59. The minimum Gasteiger partial charge on any atom is -0.369 e. The summed E-state index contributed by atoms with van der Waals surface area (Å²) in [6.45, 7) is 0.597. The van der Waals surface area contributed by atoms with Crippen molar-refractivity contribution >= 4 is 11.6 Å². The Labute approximate surface area is 156 Å². The lowest BCUT2D eigenvalue weighted by Gasteiger charge is -2.38. The van der Waals surface area contributed by atoms with Crippen LogP contribution in [-0.4, -0.2) is 41.5 Å². The molecule has 7 heteroatoms. The average Bonchev–Trinajstić information content (AvgIpc) is 3.03. The molecule has 1 saturated heterocycles. The predicted molar refractivity (Wildman–Crippen MR) is 97.9 cm³/mol. The van der Waals surface area contributed by atoms with Gasteiger partial charge in [0.2, 0.25) is 5.54 Å². The van der Waals surface area contributed by atoms with Gasteiger partial charge in [0.05, 0.1) is 12.5 Å². The summed E-state index contributed by atoms with van der Waals surface area (Å²) in [5.41, 5.74) is 0.115. The molecular formula is C20H19N3O4. The Bertz CT molecular complexity index is 977. The minimum atomic E-state index is -1.61. The molecule has 2 aromatic rings. The van der Waals surface area contributed by atoms with Crippen LogP contribution in [0.1, 0.15) is 22.6 Å². The smallest absolute Gasteiger partial charge is 0.284 e. The first-order chi connectivity index (χ1) is 13.0. The van der Waals surface area contributed by atoms with Gasteiger partial charge >= 0.3 is 0 Å². The fourth-order valence-electron chi connectivity index (χ4n) is 5.39. The van der Waals surface area contributed by atoms with Crippen LogP contribution in [0.3, 0.4) is 0 Å². The highest BCUT2D eigenvalue weighted by Gasteiger charge is 2.79. The number of amides is 1. The van der Waals surface area contributed by atoms with Crippen LogP contribution in [0.15, 0.2) is 48.5 Å². The molecule has 0 radical (unpaired) electrons. The number of carbonyl (C=O) groups excluding carboxylic acids is 1. The molecule has 3 aliphatic heterocycles.